The summed E-state index contributed by atoms with van der Waals surface area (Å²) in [6, 6.07) is 63.5. The normalized spacial score (nSPS) is 11.6. The predicted molar refractivity (Wildman–Crippen MR) is 215 cm³/mol. The second-order valence-corrected chi connectivity index (χ2v) is 13.9. The Hall–Kier alpha value is -6.29. The molecule has 3 heteroatoms. The molecule has 0 fully saturated rings. The van der Waals surface area contributed by atoms with Crippen molar-refractivity contribution >= 4 is 81.0 Å². The molecule has 0 spiro atoms. The standard InChI is InChI=1S/C47H30N2S/c1-2-8-31(9-3-1)32-14-21-37(22-15-32)49(47-29-46-44(30-48-47)43-12-6-7-13-45(43)50-46)38-23-16-33(17-24-38)35-19-25-40-36(28-35)20-27-41-39-11-5-4-10-34(39)18-26-42(40)41/h1-30H. The second kappa shape index (κ2) is 11.7. The summed E-state index contributed by atoms with van der Waals surface area (Å²) in [6.07, 6.45) is 2.03. The van der Waals surface area contributed by atoms with Crippen LogP contribution >= 0.6 is 11.3 Å². The fourth-order valence-corrected chi connectivity index (χ4v) is 8.50. The zero-order chi connectivity index (χ0) is 33.0. The highest BCUT2D eigenvalue weighted by Crippen LogP contribution is 2.40. The Bertz CT molecular complexity index is 2850. The Morgan fingerprint density at radius 1 is 0.360 bits per heavy atom. The van der Waals surface area contributed by atoms with E-state index in [0.29, 0.717) is 0 Å². The van der Waals surface area contributed by atoms with E-state index in [1.807, 2.05) is 17.5 Å². The van der Waals surface area contributed by atoms with Crippen LogP contribution in [0.15, 0.2) is 182 Å². The molecule has 0 aliphatic carbocycles. The molecule has 8 aromatic carbocycles. The van der Waals surface area contributed by atoms with Crippen molar-refractivity contribution in [2.45, 2.75) is 0 Å². The average Bonchev–Trinajstić information content (AvgIpc) is 3.56. The van der Waals surface area contributed by atoms with Crippen molar-refractivity contribution in [3.8, 4) is 22.3 Å². The second-order valence-electron chi connectivity index (χ2n) is 12.8. The lowest BCUT2D eigenvalue weighted by atomic mass is 9.95. The third-order valence-corrected chi connectivity index (χ3v) is 11.0. The van der Waals surface area contributed by atoms with Crippen molar-refractivity contribution in [3.63, 3.8) is 0 Å². The highest BCUT2D eigenvalue weighted by atomic mass is 32.1. The number of anilines is 3. The molecule has 2 nitrogen and oxygen atoms in total. The Morgan fingerprint density at radius 2 is 0.920 bits per heavy atom. The van der Waals surface area contributed by atoms with E-state index in [9.17, 15) is 0 Å². The molecule has 0 bridgehead atoms. The molecule has 0 saturated heterocycles. The first kappa shape index (κ1) is 28.7. The highest BCUT2D eigenvalue weighted by molar-refractivity contribution is 7.25. The van der Waals surface area contributed by atoms with E-state index in [2.05, 4.69) is 181 Å². The van der Waals surface area contributed by atoms with Crippen LogP contribution in [-0.4, -0.2) is 4.98 Å². The fourth-order valence-electron chi connectivity index (χ4n) is 7.39. The highest BCUT2D eigenvalue weighted by Gasteiger charge is 2.17. The van der Waals surface area contributed by atoms with Gasteiger partial charge in [0.1, 0.15) is 5.82 Å². The quantitative estimate of drug-likeness (QED) is 0.172. The average molecular weight is 655 g/mol. The van der Waals surface area contributed by atoms with Gasteiger partial charge in [-0.2, -0.15) is 0 Å². The molecule has 0 aliphatic heterocycles. The maximum Gasteiger partial charge on any atom is 0.138 e. The van der Waals surface area contributed by atoms with Crippen LogP contribution in [0.5, 0.6) is 0 Å². The van der Waals surface area contributed by atoms with Crippen LogP contribution in [0.4, 0.5) is 17.2 Å². The van der Waals surface area contributed by atoms with Gasteiger partial charge in [-0.05, 0) is 97.0 Å². The van der Waals surface area contributed by atoms with Crippen molar-refractivity contribution < 1.29 is 0 Å². The van der Waals surface area contributed by atoms with Crippen molar-refractivity contribution in [3.05, 3.63) is 182 Å². The summed E-state index contributed by atoms with van der Waals surface area (Å²) >= 11 is 1.82. The Labute approximate surface area is 294 Å². The lowest BCUT2D eigenvalue weighted by Gasteiger charge is -2.25. The summed E-state index contributed by atoms with van der Waals surface area (Å²) in [4.78, 5) is 7.32. The number of rotatable bonds is 5. The Morgan fingerprint density at radius 3 is 1.68 bits per heavy atom. The lowest BCUT2D eigenvalue weighted by Crippen LogP contribution is -2.11. The summed E-state index contributed by atoms with van der Waals surface area (Å²) in [5, 5.41) is 10.1. The molecule has 234 valence electrons. The molecule has 0 N–H and O–H groups in total. The third-order valence-electron chi connectivity index (χ3n) is 9.91. The van der Waals surface area contributed by atoms with Crippen LogP contribution in [0, 0.1) is 0 Å². The molecular weight excluding hydrogens is 625 g/mol. The van der Waals surface area contributed by atoms with Crippen LogP contribution in [0.3, 0.4) is 0 Å². The number of fused-ring (bicyclic) bond motifs is 8. The molecule has 2 aromatic heterocycles. The first-order chi connectivity index (χ1) is 24.8. The van der Waals surface area contributed by atoms with E-state index >= 15 is 0 Å². The first-order valence-electron chi connectivity index (χ1n) is 16.9. The zero-order valence-corrected chi connectivity index (χ0v) is 27.9. The topological polar surface area (TPSA) is 16.1 Å². The van der Waals surface area contributed by atoms with Crippen molar-refractivity contribution in [2.24, 2.45) is 0 Å². The van der Waals surface area contributed by atoms with E-state index in [0.717, 1.165) is 17.2 Å². The summed E-state index contributed by atoms with van der Waals surface area (Å²) in [5.74, 6) is 0.898. The van der Waals surface area contributed by atoms with Crippen LogP contribution in [0.1, 0.15) is 0 Å². The van der Waals surface area contributed by atoms with Gasteiger partial charge in [-0.15, -0.1) is 11.3 Å². The first-order valence-corrected chi connectivity index (χ1v) is 17.8. The monoisotopic (exact) mass is 654 g/mol. The number of benzene rings is 8. The maximum absolute atomic E-state index is 5.05. The van der Waals surface area contributed by atoms with Crippen LogP contribution < -0.4 is 4.90 Å². The maximum atomic E-state index is 5.05. The van der Waals surface area contributed by atoms with E-state index in [1.54, 1.807) is 0 Å². The van der Waals surface area contributed by atoms with Crippen LogP contribution in [0.25, 0.3) is 74.7 Å². The van der Waals surface area contributed by atoms with Gasteiger partial charge in [0.25, 0.3) is 0 Å². The van der Waals surface area contributed by atoms with E-state index in [1.165, 1.54) is 74.7 Å². The minimum Gasteiger partial charge on any atom is -0.295 e. The minimum atomic E-state index is 0.898. The molecule has 0 saturated carbocycles. The summed E-state index contributed by atoms with van der Waals surface area (Å²) in [5.41, 5.74) is 6.91. The largest absolute Gasteiger partial charge is 0.295 e. The number of aromatic nitrogens is 1. The molecule has 2 heterocycles. The van der Waals surface area contributed by atoms with Gasteiger partial charge < -0.3 is 0 Å². The zero-order valence-electron chi connectivity index (χ0n) is 27.1. The van der Waals surface area contributed by atoms with Crippen LogP contribution in [0.2, 0.25) is 0 Å². The Balaban J connectivity index is 1.05. The van der Waals surface area contributed by atoms with E-state index in [4.69, 9.17) is 4.98 Å². The van der Waals surface area contributed by atoms with Gasteiger partial charge in [-0.25, -0.2) is 4.98 Å². The van der Waals surface area contributed by atoms with E-state index in [-0.39, 0.29) is 0 Å². The number of thiophene rings is 1. The minimum absolute atomic E-state index is 0.898. The van der Waals surface area contributed by atoms with Crippen molar-refractivity contribution in [1.29, 1.82) is 0 Å². The van der Waals surface area contributed by atoms with Gasteiger partial charge in [0.05, 0.1) is 0 Å². The molecule has 10 rings (SSSR count). The third kappa shape index (κ3) is 4.82. The number of hydrogen-bond donors (Lipinski definition) is 0. The van der Waals surface area contributed by atoms with Gasteiger partial charge in [0.2, 0.25) is 0 Å². The molecule has 10 aromatic rings. The molecule has 0 amide bonds. The van der Waals surface area contributed by atoms with Gasteiger partial charge in [-0.1, -0.05) is 133 Å². The molecule has 50 heavy (non-hydrogen) atoms. The van der Waals surface area contributed by atoms with Gasteiger partial charge in [0, 0.05) is 37.7 Å². The van der Waals surface area contributed by atoms with Crippen LogP contribution in [-0.2, 0) is 0 Å². The molecule has 0 radical (unpaired) electrons. The number of hydrogen-bond acceptors (Lipinski definition) is 3. The number of pyridine rings is 1. The summed E-state index contributed by atoms with van der Waals surface area (Å²) in [6.45, 7) is 0. The molecular formula is C47H30N2S. The Kier molecular flexibility index (Phi) is 6.71. The van der Waals surface area contributed by atoms with Crippen molar-refractivity contribution in [2.75, 3.05) is 4.90 Å². The summed E-state index contributed by atoms with van der Waals surface area (Å²) < 4.78 is 2.51. The van der Waals surface area contributed by atoms with E-state index < -0.39 is 0 Å². The molecule has 0 aliphatic rings. The fraction of sp³-hybridized carbons (Fsp3) is 0. The predicted octanol–water partition coefficient (Wildman–Crippen LogP) is 13.7. The van der Waals surface area contributed by atoms with Gasteiger partial charge in [0.15, 0.2) is 0 Å². The van der Waals surface area contributed by atoms with Crippen molar-refractivity contribution in [1.82, 2.24) is 4.98 Å². The number of nitrogens with zero attached hydrogens (tertiary/aromatic N) is 2. The summed E-state index contributed by atoms with van der Waals surface area (Å²) in [7, 11) is 0. The SMILES string of the molecule is c1ccc(-c2ccc(N(c3ccc(-c4ccc5c(ccc6c7ccccc7ccc56)c4)cc3)c3cc4sc5ccccc5c4cn3)cc2)cc1. The molecule has 0 unspecified atom stereocenters. The van der Waals surface area contributed by atoms with Gasteiger partial charge in [-0.3, -0.25) is 4.90 Å². The van der Waals surface area contributed by atoms with Gasteiger partial charge >= 0.3 is 0 Å². The lowest BCUT2D eigenvalue weighted by molar-refractivity contribution is 1.19. The smallest absolute Gasteiger partial charge is 0.138 e. The molecule has 0 atom stereocenters.